The molecule has 0 saturated carbocycles. The molecule has 1 aromatic heterocycles. The summed E-state index contributed by atoms with van der Waals surface area (Å²) >= 11 is 5.21. The summed E-state index contributed by atoms with van der Waals surface area (Å²) in [6.07, 6.45) is 4.16. The van der Waals surface area contributed by atoms with Crippen LogP contribution < -0.4 is 5.32 Å². The van der Waals surface area contributed by atoms with Crippen molar-refractivity contribution < 1.29 is 4.79 Å². The first-order chi connectivity index (χ1) is 12.1. The van der Waals surface area contributed by atoms with E-state index in [1.807, 2.05) is 6.07 Å². The molecule has 25 heavy (non-hydrogen) atoms. The molecular weight excluding hydrogens is 330 g/mol. The Morgan fingerprint density at radius 3 is 2.64 bits per heavy atom. The number of H-pyrrole nitrogens is 1. The highest BCUT2D eigenvalue weighted by Gasteiger charge is 2.25. The Morgan fingerprint density at radius 1 is 1.24 bits per heavy atom. The molecule has 1 atom stereocenters. The zero-order valence-corrected chi connectivity index (χ0v) is 15.4. The molecule has 2 heterocycles. The number of aromatic nitrogens is 1. The number of nitrogens with zero attached hydrogens (tertiary/aromatic N) is 1. The van der Waals surface area contributed by atoms with Crippen molar-refractivity contribution in [1.29, 1.82) is 0 Å². The molecule has 0 aliphatic carbocycles. The molecule has 2 N–H and O–H groups in total. The third-order valence-corrected chi connectivity index (χ3v) is 5.30. The Bertz CT molecular complexity index is 751. The standard InChI is InChI=1S/C20H25N3OS/c1-15-9-12-23(13-10-15)18(16-6-3-2-4-7-16)14-22-19(24)17-8-5-11-21-20(17)25/h2-8,11,15,18H,9-10,12-14H2,1H3,(H,21,25)(H,22,24). The van der Waals surface area contributed by atoms with E-state index >= 15 is 0 Å². The van der Waals surface area contributed by atoms with Crippen molar-refractivity contribution >= 4 is 18.1 Å². The first-order valence-corrected chi connectivity index (χ1v) is 9.31. The van der Waals surface area contributed by atoms with Crippen molar-refractivity contribution in [3.63, 3.8) is 0 Å². The van der Waals surface area contributed by atoms with Gasteiger partial charge in [-0.1, -0.05) is 49.5 Å². The lowest BCUT2D eigenvalue weighted by Crippen LogP contribution is -2.42. The first kappa shape index (κ1) is 17.8. The second-order valence-corrected chi connectivity index (χ2v) is 7.18. The van der Waals surface area contributed by atoms with Crippen molar-refractivity contribution in [3.05, 3.63) is 64.4 Å². The minimum atomic E-state index is -0.117. The second kappa shape index (κ2) is 8.41. The van der Waals surface area contributed by atoms with E-state index in [4.69, 9.17) is 12.2 Å². The van der Waals surface area contributed by atoms with Crippen molar-refractivity contribution in [2.75, 3.05) is 19.6 Å². The number of rotatable bonds is 5. The Labute approximate surface area is 154 Å². The number of hydrogen-bond donors (Lipinski definition) is 2. The van der Waals surface area contributed by atoms with Crippen molar-refractivity contribution in [2.24, 2.45) is 5.92 Å². The normalized spacial score (nSPS) is 17.2. The van der Waals surface area contributed by atoms with Crippen LogP contribution in [0, 0.1) is 10.6 Å². The number of aromatic amines is 1. The van der Waals surface area contributed by atoms with Gasteiger partial charge in [0.1, 0.15) is 4.64 Å². The maximum atomic E-state index is 12.5. The lowest BCUT2D eigenvalue weighted by Gasteiger charge is -2.37. The van der Waals surface area contributed by atoms with Gasteiger partial charge in [0.2, 0.25) is 0 Å². The summed E-state index contributed by atoms with van der Waals surface area (Å²) in [6, 6.07) is 14.2. The first-order valence-electron chi connectivity index (χ1n) is 8.90. The second-order valence-electron chi connectivity index (χ2n) is 6.77. The molecule has 1 aromatic carbocycles. The highest BCUT2D eigenvalue weighted by Crippen LogP contribution is 2.26. The number of nitrogens with one attached hydrogen (secondary N) is 2. The van der Waals surface area contributed by atoms with Crippen LogP contribution in [0.5, 0.6) is 0 Å². The third kappa shape index (κ3) is 4.55. The van der Waals surface area contributed by atoms with E-state index in [9.17, 15) is 4.79 Å². The largest absolute Gasteiger partial charge is 0.352 e. The number of hydrogen-bond acceptors (Lipinski definition) is 3. The summed E-state index contributed by atoms with van der Waals surface area (Å²) in [6.45, 7) is 5.04. The summed E-state index contributed by atoms with van der Waals surface area (Å²) in [7, 11) is 0. The van der Waals surface area contributed by atoms with E-state index in [2.05, 4.69) is 46.4 Å². The lowest BCUT2D eigenvalue weighted by atomic mass is 9.95. The van der Waals surface area contributed by atoms with Crippen LogP contribution in [-0.4, -0.2) is 35.4 Å². The van der Waals surface area contributed by atoms with E-state index in [1.165, 1.54) is 18.4 Å². The predicted octanol–water partition coefficient (Wildman–Crippen LogP) is 3.95. The van der Waals surface area contributed by atoms with Gasteiger partial charge in [-0.3, -0.25) is 9.69 Å². The molecule has 5 heteroatoms. The van der Waals surface area contributed by atoms with Gasteiger partial charge in [-0.2, -0.15) is 0 Å². The number of benzene rings is 1. The number of likely N-dealkylation sites (tertiary alicyclic amines) is 1. The van der Waals surface area contributed by atoms with Crippen LogP contribution in [0.1, 0.15) is 41.7 Å². The molecule has 1 unspecified atom stereocenters. The smallest absolute Gasteiger partial charge is 0.254 e. The fourth-order valence-corrected chi connectivity index (χ4v) is 3.59. The van der Waals surface area contributed by atoms with Gasteiger partial charge in [0, 0.05) is 12.7 Å². The van der Waals surface area contributed by atoms with E-state index < -0.39 is 0 Å². The van der Waals surface area contributed by atoms with Gasteiger partial charge >= 0.3 is 0 Å². The van der Waals surface area contributed by atoms with Crippen molar-refractivity contribution in [2.45, 2.75) is 25.8 Å². The van der Waals surface area contributed by atoms with Crippen molar-refractivity contribution in [1.82, 2.24) is 15.2 Å². The van der Waals surface area contributed by atoms with Crippen molar-refractivity contribution in [3.8, 4) is 0 Å². The average molecular weight is 356 g/mol. The summed E-state index contributed by atoms with van der Waals surface area (Å²) in [5.41, 5.74) is 1.77. The molecule has 1 amide bonds. The molecule has 2 aromatic rings. The Balaban J connectivity index is 1.73. The van der Waals surface area contributed by atoms with Gasteiger partial charge in [0.15, 0.2) is 0 Å². The molecule has 0 radical (unpaired) electrons. The van der Waals surface area contributed by atoms with Gasteiger partial charge in [-0.25, -0.2) is 0 Å². The van der Waals surface area contributed by atoms with Gasteiger partial charge in [0.05, 0.1) is 11.6 Å². The minimum absolute atomic E-state index is 0.117. The molecule has 4 nitrogen and oxygen atoms in total. The maximum Gasteiger partial charge on any atom is 0.254 e. The van der Waals surface area contributed by atoms with E-state index in [1.54, 1.807) is 18.3 Å². The average Bonchev–Trinajstić information content (AvgIpc) is 2.64. The van der Waals surface area contributed by atoms with Crippen LogP contribution in [0.25, 0.3) is 0 Å². The molecule has 1 fully saturated rings. The zero-order chi connectivity index (χ0) is 17.6. The maximum absolute atomic E-state index is 12.5. The molecule has 0 spiro atoms. The van der Waals surface area contributed by atoms with Crippen LogP contribution in [0.3, 0.4) is 0 Å². The van der Waals surface area contributed by atoms with Gasteiger partial charge in [0.25, 0.3) is 5.91 Å². The van der Waals surface area contributed by atoms with Crippen LogP contribution in [-0.2, 0) is 0 Å². The predicted molar refractivity (Wildman–Crippen MR) is 103 cm³/mol. The van der Waals surface area contributed by atoms with E-state index in [0.29, 0.717) is 16.7 Å². The SMILES string of the molecule is CC1CCN(C(CNC(=O)c2ccc[nH]c2=S)c2ccccc2)CC1. The molecular formula is C20H25N3OS. The molecule has 1 aliphatic rings. The summed E-state index contributed by atoms with van der Waals surface area (Å²) < 4.78 is 0.475. The summed E-state index contributed by atoms with van der Waals surface area (Å²) in [5, 5.41) is 3.08. The molecule has 0 bridgehead atoms. The molecule has 1 aliphatic heterocycles. The van der Waals surface area contributed by atoms with Crippen LogP contribution in [0.4, 0.5) is 0 Å². The molecule has 3 rings (SSSR count). The highest BCUT2D eigenvalue weighted by atomic mass is 32.1. The number of pyridine rings is 1. The van der Waals surface area contributed by atoms with Crippen LogP contribution in [0.15, 0.2) is 48.7 Å². The number of piperidine rings is 1. The van der Waals surface area contributed by atoms with Gasteiger partial charge < -0.3 is 10.3 Å². The van der Waals surface area contributed by atoms with Gasteiger partial charge in [-0.05, 0) is 49.5 Å². The number of carbonyl (C=O) groups excluding carboxylic acids is 1. The molecule has 132 valence electrons. The minimum Gasteiger partial charge on any atom is -0.352 e. The third-order valence-electron chi connectivity index (χ3n) is 4.96. The Morgan fingerprint density at radius 2 is 1.96 bits per heavy atom. The zero-order valence-electron chi connectivity index (χ0n) is 14.6. The summed E-state index contributed by atoms with van der Waals surface area (Å²) in [5.74, 6) is 0.665. The Kier molecular flexibility index (Phi) is 6.00. The fourth-order valence-electron chi connectivity index (χ4n) is 3.36. The summed E-state index contributed by atoms with van der Waals surface area (Å²) in [4.78, 5) is 17.9. The number of amides is 1. The number of carbonyl (C=O) groups is 1. The quantitative estimate of drug-likeness (QED) is 0.799. The van der Waals surface area contributed by atoms with Gasteiger partial charge in [-0.15, -0.1) is 0 Å². The fraction of sp³-hybridized carbons (Fsp3) is 0.400. The van der Waals surface area contributed by atoms with E-state index in [0.717, 1.165) is 19.0 Å². The van der Waals surface area contributed by atoms with Crippen LogP contribution in [0.2, 0.25) is 0 Å². The molecule has 1 saturated heterocycles. The van der Waals surface area contributed by atoms with Crippen LogP contribution >= 0.6 is 12.2 Å². The highest BCUT2D eigenvalue weighted by molar-refractivity contribution is 7.71. The monoisotopic (exact) mass is 355 g/mol. The van der Waals surface area contributed by atoms with E-state index in [-0.39, 0.29) is 11.9 Å². The topological polar surface area (TPSA) is 48.1 Å². The Hall–Kier alpha value is -1.98. The lowest BCUT2D eigenvalue weighted by molar-refractivity contribution is 0.0912.